The number of rotatable bonds is 5. The number of likely N-dealkylation sites (tertiary alicyclic amines) is 1. The highest BCUT2D eigenvalue weighted by atomic mass is 15.2. The van der Waals surface area contributed by atoms with E-state index >= 15 is 0 Å². The number of aromatic nitrogens is 5. The van der Waals surface area contributed by atoms with Crippen LogP contribution in [0, 0.1) is 13.8 Å². The fourth-order valence-electron chi connectivity index (χ4n) is 3.90. The van der Waals surface area contributed by atoms with Crippen molar-refractivity contribution in [1.82, 2.24) is 29.6 Å². The maximum atomic E-state index is 4.86. The topological polar surface area (TPSA) is 71.8 Å². The molecule has 4 rings (SSSR count). The summed E-state index contributed by atoms with van der Waals surface area (Å²) in [5, 5.41) is 7.54. The lowest BCUT2D eigenvalue weighted by molar-refractivity contribution is 0.198. The quantitative estimate of drug-likeness (QED) is 0.735. The Labute approximate surface area is 165 Å². The van der Waals surface area contributed by atoms with Gasteiger partial charge in [0.2, 0.25) is 5.95 Å². The van der Waals surface area contributed by atoms with Crippen LogP contribution in [0.5, 0.6) is 0 Å². The van der Waals surface area contributed by atoms with Gasteiger partial charge in [-0.15, -0.1) is 0 Å². The van der Waals surface area contributed by atoms with Gasteiger partial charge < -0.3 is 5.32 Å². The van der Waals surface area contributed by atoms with Gasteiger partial charge in [-0.2, -0.15) is 5.10 Å². The molecule has 7 nitrogen and oxygen atoms in total. The molecule has 0 spiro atoms. The summed E-state index contributed by atoms with van der Waals surface area (Å²) in [5.41, 5.74) is 4.29. The van der Waals surface area contributed by atoms with E-state index in [1.54, 1.807) is 0 Å². The molecule has 0 unspecified atom stereocenters. The lowest BCUT2D eigenvalue weighted by Gasteiger charge is -2.32. The van der Waals surface area contributed by atoms with E-state index in [2.05, 4.69) is 43.6 Å². The highest BCUT2D eigenvalue weighted by molar-refractivity contribution is 5.48. The molecule has 1 fully saturated rings. The molecule has 0 radical (unpaired) electrons. The van der Waals surface area contributed by atoms with Gasteiger partial charge in [-0.1, -0.05) is 6.07 Å². The molecule has 0 amide bonds. The first-order valence-electron chi connectivity index (χ1n) is 9.81. The lowest BCUT2D eigenvalue weighted by atomic mass is 9.94. The van der Waals surface area contributed by atoms with Gasteiger partial charge in [0.15, 0.2) is 0 Å². The molecule has 0 aliphatic carbocycles. The van der Waals surface area contributed by atoms with Crippen molar-refractivity contribution in [3.8, 4) is 0 Å². The van der Waals surface area contributed by atoms with E-state index < -0.39 is 0 Å². The van der Waals surface area contributed by atoms with E-state index in [9.17, 15) is 0 Å². The first kappa shape index (κ1) is 18.6. The summed E-state index contributed by atoms with van der Waals surface area (Å²) in [6.07, 6.45) is 6.40. The molecule has 146 valence electrons. The molecule has 1 aliphatic rings. The van der Waals surface area contributed by atoms with Gasteiger partial charge in [0.1, 0.15) is 5.82 Å². The fraction of sp³-hybridized carbons (Fsp3) is 0.429. The zero-order valence-corrected chi connectivity index (χ0v) is 16.8. The largest absolute Gasteiger partial charge is 0.309 e. The van der Waals surface area contributed by atoms with Crippen LogP contribution >= 0.6 is 0 Å². The van der Waals surface area contributed by atoms with Crippen LogP contribution < -0.4 is 5.32 Å². The summed E-state index contributed by atoms with van der Waals surface area (Å²) in [4.78, 5) is 16.3. The zero-order chi connectivity index (χ0) is 19.5. The molecule has 0 aromatic carbocycles. The average Bonchev–Trinajstić information content (AvgIpc) is 3.06. The first-order valence-corrected chi connectivity index (χ1v) is 9.81. The van der Waals surface area contributed by atoms with E-state index in [-0.39, 0.29) is 0 Å². The summed E-state index contributed by atoms with van der Waals surface area (Å²) < 4.78 is 1.86. The van der Waals surface area contributed by atoms with E-state index in [4.69, 9.17) is 4.98 Å². The average molecular weight is 377 g/mol. The Bertz CT molecular complexity index is 929. The van der Waals surface area contributed by atoms with Crippen molar-refractivity contribution in [2.75, 3.05) is 18.4 Å². The van der Waals surface area contributed by atoms with E-state index in [1.165, 1.54) is 18.4 Å². The number of hydrogen-bond acceptors (Lipinski definition) is 6. The molecule has 3 aromatic rings. The van der Waals surface area contributed by atoms with E-state index in [1.807, 2.05) is 43.9 Å². The predicted octanol–water partition coefficient (Wildman–Crippen LogP) is 3.35. The summed E-state index contributed by atoms with van der Waals surface area (Å²) in [6.45, 7) is 7.04. The van der Waals surface area contributed by atoms with Crippen LogP contribution in [0.3, 0.4) is 0 Å². The van der Waals surface area contributed by atoms with Crippen molar-refractivity contribution >= 4 is 11.8 Å². The van der Waals surface area contributed by atoms with Crippen LogP contribution in [0.15, 0.2) is 36.7 Å². The van der Waals surface area contributed by atoms with Gasteiger partial charge in [0.25, 0.3) is 0 Å². The minimum absolute atomic E-state index is 0.437. The second-order valence-electron chi connectivity index (χ2n) is 7.64. The first-order chi connectivity index (χ1) is 13.5. The van der Waals surface area contributed by atoms with Crippen molar-refractivity contribution in [3.05, 3.63) is 59.3 Å². The minimum Gasteiger partial charge on any atom is -0.309 e. The summed E-state index contributed by atoms with van der Waals surface area (Å²) in [5.74, 6) is 1.84. The Morgan fingerprint density at radius 2 is 1.96 bits per heavy atom. The maximum absolute atomic E-state index is 4.86. The molecule has 1 atom stereocenters. The Balaban J connectivity index is 1.45. The molecule has 3 aromatic heterocycles. The Kier molecular flexibility index (Phi) is 5.34. The molecule has 0 saturated carbocycles. The standard InChI is InChI=1S/C21H27N7/c1-15-10-16(2)24-21(23-15)26-20-8-4-7-19(25-20)18-6-5-9-28(14-18)13-17-11-22-27(3)12-17/h4,7-8,10-12,18H,5-6,9,13-14H2,1-3H3,(H,23,24,25,26)/t18-/m1/s1. The van der Waals surface area contributed by atoms with E-state index in [0.717, 1.165) is 42.5 Å². The van der Waals surface area contributed by atoms with Crippen LogP contribution in [-0.4, -0.2) is 42.7 Å². The van der Waals surface area contributed by atoms with Gasteiger partial charge in [0, 0.05) is 54.9 Å². The van der Waals surface area contributed by atoms with Crippen LogP contribution in [0.4, 0.5) is 11.8 Å². The molecule has 4 heterocycles. The van der Waals surface area contributed by atoms with Gasteiger partial charge >= 0.3 is 0 Å². The van der Waals surface area contributed by atoms with Crippen molar-refractivity contribution in [2.24, 2.45) is 7.05 Å². The van der Waals surface area contributed by atoms with Gasteiger partial charge in [-0.05, 0) is 51.4 Å². The van der Waals surface area contributed by atoms with Crippen molar-refractivity contribution < 1.29 is 0 Å². The molecule has 28 heavy (non-hydrogen) atoms. The zero-order valence-electron chi connectivity index (χ0n) is 16.8. The van der Waals surface area contributed by atoms with Crippen LogP contribution in [-0.2, 0) is 13.6 Å². The number of nitrogens with zero attached hydrogens (tertiary/aromatic N) is 6. The number of hydrogen-bond donors (Lipinski definition) is 1. The molecular weight excluding hydrogens is 350 g/mol. The summed E-state index contributed by atoms with van der Waals surface area (Å²) >= 11 is 0. The van der Waals surface area contributed by atoms with Crippen LogP contribution in [0.2, 0.25) is 0 Å². The third kappa shape index (κ3) is 4.54. The highest BCUT2D eigenvalue weighted by Gasteiger charge is 2.23. The van der Waals surface area contributed by atoms with Gasteiger partial charge in [-0.3, -0.25) is 9.58 Å². The minimum atomic E-state index is 0.437. The normalized spacial score (nSPS) is 17.6. The number of nitrogens with one attached hydrogen (secondary N) is 1. The lowest BCUT2D eigenvalue weighted by Crippen LogP contribution is -2.34. The van der Waals surface area contributed by atoms with Crippen molar-refractivity contribution in [2.45, 2.75) is 39.2 Å². The summed E-state index contributed by atoms with van der Waals surface area (Å²) in [6, 6.07) is 8.13. The number of anilines is 2. The predicted molar refractivity (Wildman–Crippen MR) is 109 cm³/mol. The third-order valence-corrected chi connectivity index (χ3v) is 5.08. The Morgan fingerprint density at radius 1 is 1.14 bits per heavy atom. The highest BCUT2D eigenvalue weighted by Crippen LogP contribution is 2.27. The molecule has 1 aliphatic heterocycles. The number of piperidine rings is 1. The number of pyridine rings is 1. The second kappa shape index (κ2) is 8.06. The van der Waals surface area contributed by atoms with Gasteiger partial charge in [0.05, 0.1) is 6.20 Å². The summed E-state index contributed by atoms with van der Waals surface area (Å²) in [7, 11) is 1.96. The maximum Gasteiger partial charge on any atom is 0.228 e. The smallest absolute Gasteiger partial charge is 0.228 e. The van der Waals surface area contributed by atoms with Crippen molar-refractivity contribution in [3.63, 3.8) is 0 Å². The second-order valence-corrected chi connectivity index (χ2v) is 7.64. The van der Waals surface area contributed by atoms with Crippen LogP contribution in [0.25, 0.3) is 0 Å². The number of aryl methyl sites for hydroxylation is 3. The third-order valence-electron chi connectivity index (χ3n) is 5.08. The van der Waals surface area contributed by atoms with Gasteiger partial charge in [-0.25, -0.2) is 15.0 Å². The Hall–Kier alpha value is -2.80. The SMILES string of the molecule is Cc1cc(C)nc(Nc2cccc([C@@H]3CCCN(Cc4cnn(C)c4)C3)n2)n1. The fourth-order valence-corrected chi connectivity index (χ4v) is 3.90. The van der Waals surface area contributed by atoms with Crippen LogP contribution in [0.1, 0.15) is 41.4 Å². The molecule has 1 saturated heterocycles. The molecule has 0 bridgehead atoms. The Morgan fingerprint density at radius 3 is 2.71 bits per heavy atom. The molecule has 1 N–H and O–H groups in total. The molecule has 7 heteroatoms. The molecular formula is C21H27N7. The van der Waals surface area contributed by atoms with E-state index in [0.29, 0.717) is 11.9 Å². The monoisotopic (exact) mass is 377 g/mol. The van der Waals surface area contributed by atoms with Crippen molar-refractivity contribution in [1.29, 1.82) is 0 Å².